The number of rotatable bonds is 11. The first kappa shape index (κ1) is 18.8. The molecule has 19 heavy (non-hydrogen) atoms. The number of hydrogen-bond donors (Lipinski definition) is 0. The summed E-state index contributed by atoms with van der Waals surface area (Å²) in [6.45, 7) is 11.3. The maximum atomic E-state index is 2.52. The molecule has 0 unspecified atom stereocenters. The quantitative estimate of drug-likeness (QED) is 0.327. The lowest BCUT2D eigenvalue weighted by atomic mass is 10.1. The first-order chi connectivity index (χ1) is 9.10. The van der Waals surface area contributed by atoms with Gasteiger partial charge in [-0.3, -0.25) is 0 Å². The van der Waals surface area contributed by atoms with Crippen LogP contribution in [0.15, 0.2) is 23.3 Å². The van der Waals surface area contributed by atoms with Gasteiger partial charge in [-0.15, -0.1) is 0 Å². The van der Waals surface area contributed by atoms with Crippen molar-refractivity contribution in [2.45, 2.75) is 73.1 Å². The fourth-order valence-electron chi connectivity index (χ4n) is 1.92. The summed E-state index contributed by atoms with van der Waals surface area (Å²) in [5.41, 5.74) is 3.03. The highest BCUT2D eigenvalue weighted by Crippen LogP contribution is 2.11. The van der Waals surface area contributed by atoms with Crippen LogP contribution in [0.25, 0.3) is 0 Å². The molecule has 0 aliphatic carbocycles. The minimum Gasteiger partial charge on any atom is -0.0856 e. The molecule has 112 valence electrons. The molecule has 0 atom stereocenters. The molecule has 0 fully saturated rings. The van der Waals surface area contributed by atoms with Crippen LogP contribution < -0.4 is 0 Å². The van der Waals surface area contributed by atoms with Crippen molar-refractivity contribution in [2.75, 3.05) is 17.3 Å². The molecule has 0 aliphatic rings. The van der Waals surface area contributed by atoms with Gasteiger partial charge in [0.1, 0.15) is 17.3 Å². The molecular formula is C18H35S+. The number of allylic oxidation sites excluding steroid dienone is 3. The average molecular weight is 284 g/mol. The molecule has 0 bridgehead atoms. The van der Waals surface area contributed by atoms with Gasteiger partial charge in [-0.1, -0.05) is 43.9 Å². The van der Waals surface area contributed by atoms with Crippen LogP contribution in [-0.2, 0) is 10.9 Å². The maximum Gasteiger partial charge on any atom is 0.126 e. The van der Waals surface area contributed by atoms with E-state index in [4.69, 9.17) is 0 Å². The van der Waals surface area contributed by atoms with Crippen LogP contribution in [-0.4, -0.2) is 17.3 Å². The maximum absolute atomic E-state index is 2.52. The summed E-state index contributed by atoms with van der Waals surface area (Å²) >= 11 is 0. The SMILES string of the molecule is CCCC[S+](C/C=C(\C)CCC=C(C)C)CCCC. The number of hydrogen-bond acceptors (Lipinski definition) is 0. The third-order valence-corrected chi connectivity index (χ3v) is 5.70. The Bertz CT molecular complexity index is 251. The van der Waals surface area contributed by atoms with Crippen molar-refractivity contribution in [1.82, 2.24) is 0 Å². The smallest absolute Gasteiger partial charge is 0.0856 e. The zero-order chi connectivity index (χ0) is 14.5. The fourth-order valence-corrected chi connectivity index (χ4v) is 4.37. The van der Waals surface area contributed by atoms with Crippen molar-refractivity contribution in [3.05, 3.63) is 23.3 Å². The zero-order valence-corrected chi connectivity index (χ0v) is 14.7. The highest BCUT2D eigenvalue weighted by atomic mass is 32.2. The van der Waals surface area contributed by atoms with Gasteiger partial charge in [0, 0.05) is 0 Å². The summed E-state index contributed by atoms with van der Waals surface area (Å²) in [7, 11) is 0.649. The second kappa shape index (κ2) is 12.8. The van der Waals surface area contributed by atoms with Gasteiger partial charge in [0.15, 0.2) is 0 Å². The predicted molar refractivity (Wildman–Crippen MR) is 94.2 cm³/mol. The Labute approximate surface area is 125 Å². The molecule has 0 amide bonds. The van der Waals surface area contributed by atoms with Crippen molar-refractivity contribution in [1.29, 1.82) is 0 Å². The molecule has 0 aromatic carbocycles. The Hall–Kier alpha value is -0.170. The number of unbranched alkanes of at least 4 members (excludes halogenated alkanes) is 2. The Kier molecular flexibility index (Phi) is 12.7. The summed E-state index contributed by atoms with van der Waals surface area (Å²) in [5, 5.41) is 0. The van der Waals surface area contributed by atoms with E-state index in [9.17, 15) is 0 Å². The van der Waals surface area contributed by atoms with Crippen molar-refractivity contribution < 1.29 is 0 Å². The summed E-state index contributed by atoms with van der Waals surface area (Å²) < 4.78 is 0. The summed E-state index contributed by atoms with van der Waals surface area (Å²) in [6, 6.07) is 0. The summed E-state index contributed by atoms with van der Waals surface area (Å²) in [6.07, 6.45) is 12.8. The Morgan fingerprint density at radius 3 is 1.95 bits per heavy atom. The standard InChI is InChI=1S/C18H35S/c1-6-8-14-19(15-9-7-2)16-13-18(5)12-10-11-17(3)4/h11,13H,6-10,12,14-16H2,1-5H3/q+1/b18-13+. The molecule has 0 nitrogen and oxygen atoms in total. The van der Waals surface area contributed by atoms with Crippen molar-refractivity contribution in [2.24, 2.45) is 0 Å². The van der Waals surface area contributed by atoms with E-state index in [1.54, 1.807) is 5.57 Å². The zero-order valence-electron chi connectivity index (χ0n) is 13.9. The Balaban J connectivity index is 4.06. The molecule has 1 heteroatoms. The molecule has 0 radical (unpaired) electrons. The molecular weight excluding hydrogens is 248 g/mol. The van der Waals surface area contributed by atoms with Crippen LogP contribution in [0.2, 0.25) is 0 Å². The molecule has 0 saturated carbocycles. The van der Waals surface area contributed by atoms with E-state index in [2.05, 4.69) is 46.8 Å². The van der Waals surface area contributed by atoms with Crippen LogP contribution in [0.3, 0.4) is 0 Å². The van der Waals surface area contributed by atoms with Crippen LogP contribution in [0.4, 0.5) is 0 Å². The first-order valence-electron chi connectivity index (χ1n) is 8.03. The van der Waals surface area contributed by atoms with Crippen molar-refractivity contribution in [3.63, 3.8) is 0 Å². The Morgan fingerprint density at radius 2 is 1.47 bits per heavy atom. The third-order valence-electron chi connectivity index (χ3n) is 3.33. The topological polar surface area (TPSA) is 0 Å². The molecule has 0 aliphatic heterocycles. The van der Waals surface area contributed by atoms with Gasteiger partial charge in [0.25, 0.3) is 0 Å². The van der Waals surface area contributed by atoms with Gasteiger partial charge in [-0.25, -0.2) is 0 Å². The van der Waals surface area contributed by atoms with E-state index in [-0.39, 0.29) is 0 Å². The fraction of sp³-hybridized carbons (Fsp3) is 0.778. The van der Waals surface area contributed by atoms with E-state index in [1.165, 1.54) is 61.4 Å². The molecule has 0 rings (SSSR count). The van der Waals surface area contributed by atoms with E-state index in [0.29, 0.717) is 10.9 Å². The largest absolute Gasteiger partial charge is 0.126 e. The molecule has 0 aromatic rings. The van der Waals surface area contributed by atoms with E-state index >= 15 is 0 Å². The van der Waals surface area contributed by atoms with Crippen LogP contribution in [0.5, 0.6) is 0 Å². The normalized spacial score (nSPS) is 12.0. The van der Waals surface area contributed by atoms with Crippen LogP contribution >= 0.6 is 0 Å². The molecule has 0 aromatic heterocycles. The monoisotopic (exact) mass is 283 g/mol. The van der Waals surface area contributed by atoms with Crippen LogP contribution in [0.1, 0.15) is 73.1 Å². The molecule has 0 spiro atoms. The van der Waals surface area contributed by atoms with E-state index in [0.717, 1.165) is 0 Å². The van der Waals surface area contributed by atoms with Gasteiger partial charge < -0.3 is 0 Å². The average Bonchev–Trinajstić information content (AvgIpc) is 2.37. The first-order valence-corrected chi connectivity index (χ1v) is 9.76. The lowest BCUT2D eigenvalue weighted by Crippen LogP contribution is -2.15. The second-order valence-corrected chi connectivity index (χ2v) is 8.14. The minimum absolute atomic E-state index is 0.649. The van der Waals surface area contributed by atoms with Crippen molar-refractivity contribution >= 4 is 10.9 Å². The summed E-state index contributed by atoms with van der Waals surface area (Å²) in [4.78, 5) is 0. The third kappa shape index (κ3) is 12.6. The lowest BCUT2D eigenvalue weighted by molar-refractivity contribution is 0.872. The molecule has 0 N–H and O–H groups in total. The van der Waals surface area contributed by atoms with Crippen molar-refractivity contribution in [3.8, 4) is 0 Å². The molecule has 0 heterocycles. The van der Waals surface area contributed by atoms with Gasteiger partial charge in [-0.05, 0) is 63.4 Å². The van der Waals surface area contributed by atoms with E-state index < -0.39 is 0 Å². The lowest BCUT2D eigenvalue weighted by Gasteiger charge is -2.07. The minimum atomic E-state index is 0.649. The Morgan fingerprint density at radius 1 is 0.895 bits per heavy atom. The predicted octanol–water partition coefficient (Wildman–Crippen LogP) is 5.90. The van der Waals surface area contributed by atoms with Gasteiger partial charge in [0.05, 0.1) is 0 Å². The van der Waals surface area contributed by atoms with E-state index in [1.807, 2.05) is 0 Å². The highest BCUT2D eigenvalue weighted by Gasteiger charge is 2.14. The van der Waals surface area contributed by atoms with Gasteiger partial charge in [0.2, 0.25) is 0 Å². The van der Waals surface area contributed by atoms with Crippen LogP contribution in [0, 0.1) is 0 Å². The highest BCUT2D eigenvalue weighted by molar-refractivity contribution is 7.96. The summed E-state index contributed by atoms with van der Waals surface area (Å²) in [5.74, 6) is 4.24. The second-order valence-electron chi connectivity index (χ2n) is 5.77. The van der Waals surface area contributed by atoms with Gasteiger partial charge in [-0.2, -0.15) is 0 Å². The van der Waals surface area contributed by atoms with Gasteiger partial charge >= 0.3 is 0 Å². The molecule has 0 saturated heterocycles.